The number of benzene rings is 1. The predicted octanol–water partition coefficient (Wildman–Crippen LogP) is 3.72. The lowest BCUT2D eigenvalue weighted by Gasteiger charge is -2.31. The Morgan fingerprint density at radius 1 is 1.12 bits per heavy atom. The molecular formula is C25H36O7. The van der Waals surface area contributed by atoms with Crippen LogP contribution in [0.25, 0.3) is 0 Å². The quantitative estimate of drug-likeness (QED) is 0.484. The number of cyclic esters (lactones) is 1. The van der Waals surface area contributed by atoms with Gasteiger partial charge in [-0.2, -0.15) is 0 Å². The molecule has 0 saturated carbocycles. The molecule has 0 aromatic heterocycles. The zero-order chi connectivity index (χ0) is 23.9. The lowest BCUT2D eigenvalue weighted by molar-refractivity contribution is -0.176. The first-order valence-electron chi connectivity index (χ1n) is 11.2. The Balaban J connectivity index is 2.21. The molecular weight excluding hydrogens is 412 g/mol. The molecule has 7 heteroatoms. The van der Waals surface area contributed by atoms with Gasteiger partial charge in [-0.25, -0.2) is 0 Å². The molecule has 1 saturated heterocycles. The van der Waals surface area contributed by atoms with E-state index in [2.05, 4.69) is 0 Å². The van der Waals surface area contributed by atoms with Gasteiger partial charge in [-0.3, -0.25) is 14.4 Å². The second kappa shape index (κ2) is 11.5. The summed E-state index contributed by atoms with van der Waals surface area (Å²) in [5.74, 6) is -2.73. The first kappa shape index (κ1) is 25.8. The third-order valence-electron chi connectivity index (χ3n) is 5.11. The molecule has 4 atom stereocenters. The van der Waals surface area contributed by atoms with Gasteiger partial charge in [0, 0.05) is 5.92 Å². The second-order valence-electron chi connectivity index (χ2n) is 9.67. The molecule has 1 aromatic rings. The summed E-state index contributed by atoms with van der Waals surface area (Å²) in [6.45, 7) is 10.8. The fourth-order valence-corrected chi connectivity index (χ4v) is 3.54. The molecule has 1 fully saturated rings. The van der Waals surface area contributed by atoms with E-state index in [9.17, 15) is 14.4 Å². The van der Waals surface area contributed by atoms with Crippen LogP contribution in [-0.4, -0.2) is 48.9 Å². The topological polar surface area (TPSA) is 88.1 Å². The minimum atomic E-state index is -0.788. The number of carbonyl (C=O) groups excluding carboxylic acids is 3. The van der Waals surface area contributed by atoms with Crippen LogP contribution in [0.4, 0.5) is 0 Å². The highest BCUT2D eigenvalue weighted by Crippen LogP contribution is 2.25. The highest BCUT2D eigenvalue weighted by molar-refractivity contribution is 5.80. The van der Waals surface area contributed by atoms with Crippen LogP contribution in [0.3, 0.4) is 0 Å². The van der Waals surface area contributed by atoms with Crippen molar-refractivity contribution in [2.24, 2.45) is 17.8 Å². The molecule has 0 radical (unpaired) electrons. The molecule has 0 unspecified atom stereocenters. The third-order valence-corrected chi connectivity index (χ3v) is 5.11. The smallest absolute Gasteiger partial charge is 0.312 e. The Hall–Kier alpha value is -2.41. The first-order valence-corrected chi connectivity index (χ1v) is 11.2. The zero-order valence-corrected chi connectivity index (χ0v) is 20.0. The molecule has 2 rings (SSSR count). The Kier molecular flexibility index (Phi) is 9.25. The van der Waals surface area contributed by atoms with Crippen LogP contribution >= 0.6 is 0 Å². The Morgan fingerprint density at radius 3 is 2.38 bits per heavy atom. The van der Waals surface area contributed by atoms with E-state index in [-0.39, 0.29) is 37.4 Å². The van der Waals surface area contributed by atoms with Crippen LogP contribution in [0, 0.1) is 17.8 Å². The number of ether oxygens (including phenoxy) is 4. The highest BCUT2D eigenvalue weighted by atomic mass is 16.6. The van der Waals surface area contributed by atoms with Gasteiger partial charge in [-0.15, -0.1) is 0 Å². The Labute approximate surface area is 190 Å². The molecule has 1 heterocycles. The average Bonchev–Trinajstić information content (AvgIpc) is 2.73. The van der Waals surface area contributed by atoms with E-state index in [0.29, 0.717) is 6.42 Å². The van der Waals surface area contributed by atoms with Crippen molar-refractivity contribution in [2.75, 3.05) is 13.2 Å². The average molecular weight is 449 g/mol. The fourth-order valence-electron chi connectivity index (χ4n) is 3.54. The highest BCUT2D eigenvalue weighted by Gasteiger charge is 2.38. The van der Waals surface area contributed by atoms with E-state index >= 15 is 0 Å². The van der Waals surface area contributed by atoms with Gasteiger partial charge in [-0.1, -0.05) is 44.2 Å². The minimum Gasteiger partial charge on any atom is -0.460 e. The molecule has 32 heavy (non-hydrogen) atoms. The molecule has 1 aliphatic rings. The number of hydrogen-bond donors (Lipinski definition) is 0. The molecule has 1 aliphatic heterocycles. The summed E-state index contributed by atoms with van der Waals surface area (Å²) in [5, 5.41) is 0. The zero-order valence-electron chi connectivity index (χ0n) is 20.0. The third kappa shape index (κ3) is 8.26. The van der Waals surface area contributed by atoms with Crippen LogP contribution in [0.5, 0.6) is 0 Å². The maximum absolute atomic E-state index is 12.8. The van der Waals surface area contributed by atoms with Crippen molar-refractivity contribution >= 4 is 17.9 Å². The molecule has 7 nitrogen and oxygen atoms in total. The lowest BCUT2D eigenvalue weighted by Crippen LogP contribution is -2.42. The van der Waals surface area contributed by atoms with Crippen LogP contribution in [0.1, 0.15) is 53.5 Å². The second-order valence-corrected chi connectivity index (χ2v) is 9.67. The van der Waals surface area contributed by atoms with Crippen LogP contribution < -0.4 is 0 Å². The molecule has 0 N–H and O–H groups in total. The van der Waals surface area contributed by atoms with Gasteiger partial charge < -0.3 is 18.9 Å². The van der Waals surface area contributed by atoms with E-state index in [1.165, 1.54) is 0 Å². The van der Waals surface area contributed by atoms with Gasteiger partial charge in [-0.05, 0) is 39.7 Å². The first-order chi connectivity index (χ1) is 15.0. The van der Waals surface area contributed by atoms with Crippen molar-refractivity contribution < 1.29 is 33.3 Å². The van der Waals surface area contributed by atoms with Gasteiger partial charge in [0.1, 0.15) is 17.8 Å². The largest absolute Gasteiger partial charge is 0.460 e. The van der Waals surface area contributed by atoms with Gasteiger partial charge in [0.15, 0.2) is 0 Å². The summed E-state index contributed by atoms with van der Waals surface area (Å²) in [6, 6.07) is 9.82. The standard InChI is InChI=1S/C25H36O7/c1-16(2)23(27)31-22-17(3)30-24(28)20(13-21(26)32-25(4,5)6)15-29-14-19(22)12-18-10-8-7-9-11-18/h7-11,16-17,19-20,22H,12-15H2,1-6H3/t17-,19-,20-,22-/m0/s1. The van der Waals surface area contributed by atoms with E-state index in [4.69, 9.17) is 18.9 Å². The molecule has 0 amide bonds. The summed E-state index contributed by atoms with van der Waals surface area (Å²) in [6.07, 6.45) is -0.908. The molecule has 0 bridgehead atoms. The van der Waals surface area contributed by atoms with E-state index in [1.54, 1.807) is 41.5 Å². The van der Waals surface area contributed by atoms with Gasteiger partial charge in [0.2, 0.25) is 0 Å². The van der Waals surface area contributed by atoms with Crippen LogP contribution in [0.15, 0.2) is 30.3 Å². The molecule has 178 valence electrons. The van der Waals surface area contributed by atoms with Crippen molar-refractivity contribution in [3.8, 4) is 0 Å². The molecule has 1 aromatic carbocycles. The molecule has 0 aliphatic carbocycles. The summed E-state index contributed by atoms with van der Waals surface area (Å²) >= 11 is 0. The van der Waals surface area contributed by atoms with Gasteiger partial charge in [0.05, 0.1) is 31.5 Å². The summed E-state index contributed by atoms with van der Waals surface area (Å²) in [4.78, 5) is 37.5. The van der Waals surface area contributed by atoms with Gasteiger partial charge >= 0.3 is 17.9 Å². The van der Waals surface area contributed by atoms with E-state index in [1.807, 2.05) is 30.3 Å². The van der Waals surface area contributed by atoms with Crippen molar-refractivity contribution in [1.82, 2.24) is 0 Å². The summed E-state index contributed by atoms with van der Waals surface area (Å²) < 4.78 is 22.7. The maximum atomic E-state index is 12.8. The Bertz CT molecular complexity index is 766. The maximum Gasteiger partial charge on any atom is 0.312 e. The summed E-state index contributed by atoms with van der Waals surface area (Å²) in [5.41, 5.74) is 0.416. The van der Waals surface area contributed by atoms with Crippen LogP contribution in [-0.2, 0) is 39.8 Å². The SMILES string of the molecule is CC(C)C(=O)O[C@@H]1[C@@H](Cc2ccccc2)COC[C@H](CC(=O)OC(C)(C)C)C(=O)O[C@H]1C. The van der Waals surface area contributed by atoms with E-state index in [0.717, 1.165) is 5.56 Å². The van der Waals surface area contributed by atoms with Crippen molar-refractivity contribution in [1.29, 1.82) is 0 Å². The molecule has 0 spiro atoms. The number of carbonyl (C=O) groups is 3. The van der Waals surface area contributed by atoms with Gasteiger partial charge in [0.25, 0.3) is 0 Å². The van der Waals surface area contributed by atoms with Crippen molar-refractivity contribution in [3.05, 3.63) is 35.9 Å². The Morgan fingerprint density at radius 2 is 1.78 bits per heavy atom. The normalized spacial score (nSPS) is 24.7. The number of rotatable bonds is 6. The minimum absolute atomic E-state index is 0.0287. The number of hydrogen-bond acceptors (Lipinski definition) is 7. The predicted molar refractivity (Wildman–Crippen MR) is 119 cm³/mol. The van der Waals surface area contributed by atoms with E-state index < -0.39 is 35.7 Å². The monoisotopic (exact) mass is 448 g/mol. The summed E-state index contributed by atoms with van der Waals surface area (Å²) in [7, 11) is 0. The fraction of sp³-hybridized carbons (Fsp3) is 0.640. The van der Waals surface area contributed by atoms with Crippen LogP contribution in [0.2, 0.25) is 0 Å². The number of esters is 3. The van der Waals surface area contributed by atoms with Crippen molar-refractivity contribution in [3.63, 3.8) is 0 Å². The van der Waals surface area contributed by atoms with Crippen molar-refractivity contribution in [2.45, 2.75) is 72.2 Å². The lowest BCUT2D eigenvalue weighted by atomic mass is 9.91.